The van der Waals surface area contributed by atoms with Crippen LogP contribution in [0, 0.1) is 11.6 Å². The third-order valence-electron chi connectivity index (χ3n) is 5.32. The molecule has 2 amide bonds. The second kappa shape index (κ2) is 10.6. The average Bonchev–Trinajstić information content (AvgIpc) is 2.81. The predicted octanol–water partition coefficient (Wildman–Crippen LogP) is 4.25. The van der Waals surface area contributed by atoms with Gasteiger partial charge in [0.1, 0.15) is 6.04 Å². The van der Waals surface area contributed by atoms with Gasteiger partial charge in [-0.1, -0.05) is 42.5 Å². The number of amides is 2. The quantitative estimate of drug-likeness (QED) is 0.483. The Hall–Kier alpha value is -3.79. The molecule has 35 heavy (non-hydrogen) atoms. The highest BCUT2D eigenvalue weighted by Gasteiger charge is 2.30. The van der Waals surface area contributed by atoms with Crippen LogP contribution in [-0.2, 0) is 14.8 Å². The van der Waals surface area contributed by atoms with E-state index in [2.05, 4.69) is 10.6 Å². The average molecular weight is 502 g/mol. The monoisotopic (exact) mass is 501 g/mol. The van der Waals surface area contributed by atoms with Crippen molar-refractivity contribution in [3.63, 3.8) is 0 Å². The maximum atomic E-state index is 13.8. The summed E-state index contributed by atoms with van der Waals surface area (Å²) in [4.78, 5) is 26.0. The van der Waals surface area contributed by atoms with Gasteiger partial charge in [-0.05, 0) is 43.7 Å². The van der Waals surface area contributed by atoms with Gasteiger partial charge < -0.3 is 10.6 Å². The van der Waals surface area contributed by atoms with E-state index in [1.807, 2.05) is 37.3 Å². The Morgan fingerprint density at radius 1 is 0.886 bits per heavy atom. The molecule has 0 unspecified atom stereocenters. The van der Waals surface area contributed by atoms with Gasteiger partial charge in [-0.25, -0.2) is 17.2 Å². The van der Waals surface area contributed by atoms with Crippen LogP contribution in [0.1, 0.15) is 35.8 Å². The molecule has 184 valence electrons. The lowest BCUT2D eigenvalue weighted by molar-refractivity contribution is -0.116. The highest BCUT2D eigenvalue weighted by molar-refractivity contribution is 7.92. The van der Waals surface area contributed by atoms with E-state index in [1.54, 1.807) is 12.1 Å². The van der Waals surface area contributed by atoms with Crippen molar-refractivity contribution in [1.82, 2.24) is 5.32 Å². The van der Waals surface area contributed by atoms with Crippen molar-refractivity contribution < 1.29 is 26.8 Å². The Bertz CT molecular complexity index is 1330. The van der Waals surface area contributed by atoms with Crippen molar-refractivity contribution in [1.29, 1.82) is 0 Å². The molecule has 10 heteroatoms. The largest absolute Gasteiger partial charge is 0.345 e. The van der Waals surface area contributed by atoms with E-state index in [1.165, 1.54) is 19.1 Å². The van der Waals surface area contributed by atoms with Crippen LogP contribution in [0.25, 0.3) is 0 Å². The Labute approximate surface area is 202 Å². The summed E-state index contributed by atoms with van der Waals surface area (Å²) in [7, 11) is -4.05. The molecular formula is C25H25F2N3O4S. The maximum Gasteiger partial charge on any atom is 0.253 e. The van der Waals surface area contributed by atoms with Crippen LogP contribution in [0.5, 0.6) is 0 Å². The molecule has 0 radical (unpaired) electrons. The van der Waals surface area contributed by atoms with E-state index in [0.717, 1.165) is 24.0 Å². The zero-order valence-electron chi connectivity index (χ0n) is 19.3. The predicted molar refractivity (Wildman–Crippen MR) is 131 cm³/mol. The molecule has 0 saturated carbocycles. The molecule has 0 aliphatic heterocycles. The third kappa shape index (κ3) is 6.21. The van der Waals surface area contributed by atoms with E-state index in [0.29, 0.717) is 10.4 Å². The molecule has 3 aromatic carbocycles. The first kappa shape index (κ1) is 25.8. The van der Waals surface area contributed by atoms with Gasteiger partial charge in [-0.15, -0.1) is 0 Å². The van der Waals surface area contributed by atoms with Crippen molar-refractivity contribution in [3.05, 3.63) is 95.6 Å². The summed E-state index contributed by atoms with van der Waals surface area (Å²) in [5, 5.41) is 5.44. The van der Waals surface area contributed by atoms with E-state index >= 15 is 0 Å². The third-order valence-corrected chi connectivity index (χ3v) is 6.56. The number of anilines is 2. The van der Waals surface area contributed by atoms with Gasteiger partial charge >= 0.3 is 0 Å². The first-order valence-electron chi connectivity index (χ1n) is 10.7. The Kier molecular flexibility index (Phi) is 7.85. The fourth-order valence-electron chi connectivity index (χ4n) is 3.56. The van der Waals surface area contributed by atoms with Crippen LogP contribution in [0.4, 0.5) is 20.2 Å². The molecular weight excluding hydrogens is 476 g/mol. The number of carbonyl (C=O) groups excluding carboxylic acids is 2. The molecule has 2 atom stereocenters. The van der Waals surface area contributed by atoms with E-state index < -0.39 is 39.5 Å². The Morgan fingerprint density at radius 2 is 1.51 bits per heavy atom. The molecule has 0 aromatic heterocycles. The summed E-state index contributed by atoms with van der Waals surface area (Å²) in [6, 6.07) is 16.5. The minimum atomic E-state index is -4.05. The number of sulfonamides is 1. The van der Waals surface area contributed by atoms with E-state index in [-0.39, 0.29) is 23.0 Å². The molecule has 0 spiro atoms. The normalized spacial score (nSPS) is 12.9. The summed E-state index contributed by atoms with van der Waals surface area (Å²) in [5.41, 5.74) is 1.03. The summed E-state index contributed by atoms with van der Waals surface area (Å²) < 4.78 is 52.7. The molecule has 0 fully saturated rings. The summed E-state index contributed by atoms with van der Waals surface area (Å²) >= 11 is 0. The highest BCUT2D eigenvalue weighted by Crippen LogP contribution is 2.25. The minimum Gasteiger partial charge on any atom is -0.345 e. The van der Waals surface area contributed by atoms with Crippen molar-refractivity contribution in [3.8, 4) is 0 Å². The van der Waals surface area contributed by atoms with Gasteiger partial charge in [0, 0.05) is 6.07 Å². The van der Waals surface area contributed by atoms with E-state index in [4.69, 9.17) is 0 Å². The van der Waals surface area contributed by atoms with Crippen LogP contribution in [0.3, 0.4) is 0 Å². The molecule has 0 aliphatic rings. The lowest BCUT2D eigenvalue weighted by atomic mass is 10.1. The molecule has 0 aliphatic carbocycles. The molecule has 0 saturated heterocycles. The highest BCUT2D eigenvalue weighted by atomic mass is 32.2. The number of nitrogens with one attached hydrogen (secondary N) is 2. The van der Waals surface area contributed by atoms with Crippen molar-refractivity contribution in [2.75, 3.05) is 15.9 Å². The number of para-hydroxylation sites is 1. The van der Waals surface area contributed by atoms with Crippen molar-refractivity contribution >= 4 is 33.2 Å². The number of halogens is 2. The number of nitrogens with zero attached hydrogens (tertiary/aromatic N) is 1. The first-order valence-corrected chi connectivity index (χ1v) is 12.5. The van der Waals surface area contributed by atoms with Gasteiger partial charge in [-0.3, -0.25) is 13.9 Å². The molecule has 0 heterocycles. The minimum absolute atomic E-state index is 0.167. The van der Waals surface area contributed by atoms with Crippen LogP contribution >= 0.6 is 0 Å². The second-order valence-electron chi connectivity index (χ2n) is 7.97. The molecule has 3 rings (SSSR count). The van der Waals surface area contributed by atoms with Gasteiger partial charge in [-0.2, -0.15) is 0 Å². The molecule has 2 N–H and O–H groups in total. The first-order chi connectivity index (χ1) is 16.5. The lowest BCUT2D eigenvalue weighted by Gasteiger charge is -2.28. The second-order valence-corrected chi connectivity index (χ2v) is 9.83. The number of carbonyl (C=O) groups is 2. The lowest BCUT2D eigenvalue weighted by Crippen LogP contribution is -2.45. The fourth-order valence-corrected chi connectivity index (χ4v) is 4.72. The SMILES string of the molecule is C[C@H](NC(=O)c1ccccc1NC(=O)[C@@H](C)N(c1ccc(F)c(F)c1)S(C)(=O)=O)c1ccccc1. The van der Waals surface area contributed by atoms with Gasteiger partial charge in [0.15, 0.2) is 11.6 Å². The zero-order chi connectivity index (χ0) is 25.8. The molecule has 3 aromatic rings. The topological polar surface area (TPSA) is 95.6 Å². The zero-order valence-corrected chi connectivity index (χ0v) is 20.1. The standard InChI is InChI=1S/C25H25F2N3O4S/c1-16(18-9-5-4-6-10-18)28-25(32)20-11-7-8-12-23(20)29-24(31)17(2)30(35(3,33)34)19-13-14-21(26)22(27)15-19/h4-17H,1-3H3,(H,28,32)(H,29,31)/t16-,17+/m0/s1. The summed E-state index contributed by atoms with van der Waals surface area (Å²) in [6.07, 6.45) is 0.852. The number of benzene rings is 3. The van der Waals surface area contributed by atoms with Crippen molar-refractivity contribution in [2.45, 2.75) is 25.9 Å². The van der Waals surface area contributed by atoms with Gasteiger partial charge in [0.25, 0.3) is 5.91 Å². The number of hydrogen-bond acceptors (Lipinski definition) is 4. The summed E-state index contributed by atoms with van der Waals surface area (Å²) in [6.45, 7) is 3.13. The molecule has 0 bridgehead atoms. The Balaban J connectivity index is 1.83. The number of rotatable bonds is 8. The van der Waals surface area contributed by atoms with Crippen molar-refractivity contribution in [2.24, 2.45) is 0 Å². The summed E-state index contributed by atoms with van der Waals surface area (Å²) in [5.74, 6) is -3.61. The van der Waals surface area contributed by atoms with Gasteiger partial charge in [0.2, 0.25) is 15.9 Å². The van der Waals surface area contributed by atoms with Crippen LogP contribution < -0.4 is 14.9 Å². The van der Waals surface area contributed by atoms with E-state index in [9.17, 15) is 26.8 Å². The Morgan fingerprint density at radius 3 is 2.14 bits per heavy atom. The fraction of sp³-hybridized carbons (Fsp3) is 0.200. The van der Waals surface area contributed by atoms with Gasteiger partial charge in [0.05, 0.1) is 29.2 Å². The van der Waals surface area contributed by atoms with Crippen LogP contribution in [0.15, 0.2) is 72.8 Å². The van der Waals surface area contributed by atoms with Crippen LogP contribution in [0.2, 0.25) is 0 Å². The smallest absolute Gasteiger partial charge is 0.253 e. The van der Waals surface area contributed by atoms with Crippen LogP contribution in [-0.4, -0.2) is 32.5 Å². The maximum absolute atomic E-state index is 13.8. The number of hydrogen-bond donors (Lipinski definition) is 2. The molecule has 7 nitrogen and oxygen atoms in total.